The second kappa shape index (κ2) is 9.57. The molecule has 0 atom stereocenters. The number of hydrogen-bond acceptors (Lipinski definition) is 2. The van der Waals surface area contributed by atoms with E-state index in [4.69, 9.17) is 0 Å². The van der Waals surface area contributed by atoms with E-state index in [-0.39, 0.29) is 0 Å². The third-order valence-corrected chi connectivity index (χ3v) is 5.41. The van der Waals surface area contributed by atoms with E-state index in [2.05, 4.69) is 123 Å². The standard InChI is InChI=1S/C30H28N2/c1-21-13-22(2)16-29(15-21)27-9-5-25(6-10-27)19-31-32-20-26-7-11-28(12-8-26)30-17-23(3)14-24(4)18-30/h5-20H,1-4H3/b31-19+,32-20+. The predicted molar refractivity (Wildman–Crippen MR) is 138 cm³/mol. The van der Waals surface area contributed by atoms with Crippen LogP contribution in [0.2, 0.25) is 0 Å². The molecule has 0 heterocycles. The van der Waals surface area contributed by atoms with Gasteiger partial charge in [-0.2, -0.15) is 10.2 Å². The highest BCUT2D eigenvalue weighted by Crippen LogP contribution is 2.23. The summed E-state index contributed by atoms with van der Waals surface area (Å²) in [6, 6.07) is 30.1. The van der Waals surface area contributed by atoms with Crippen LogP contribution in [0.5, 0.6) is 0 Å². The van der Waals surface area contributed by atoms with Crippen molar-refractivity contribution in [3.8, 4) is 22.3 Å². The van der Waals surface area contributed by atoms with Crippen LogP contribution in [0.3, 0.4) is 0 Å². The van der Waals surface area contributed by atoms with Crippen LogP contribution < -0.4 is 0 Å². The lowest BCUT2D eigenvalue weighted by molar-refractivity contribution is 1.26. The van der Waals surface area contributed by atoms with Gasteiger partial charge in [0.2, 0.25) is 0 Å². The quantitative estimate of drug-likeness (QED) is 0.235. The molecule has 2 heteroatoms. The van der Waals surface area contributed by atoms with E-state index < -0.39 is 0 Å². The fourth-order valence-corrected chi connectivity index (χ4v) is 4.01. The second-order valence-electron chi connectivity index (χ2n) is 8.49. The first-order chi connectivity index (χ1) is 15.5. The number of nitrogens with zero attached hydrogens (tertiary/aromatic N) is 2. The maximum atomic E-state index is 4.22. The summed E-state index contributed by atoms with van der Waals surface area (Å²) in [4.78, 5) is 0. The molecule has 0 fully saturated rings. The van der Waals surface area contributed by atoms with Crippen molar-refractivity contribution in [1.29, 1.82) is 0 Å². The van der Waals surface area contributed by atoms with Crippen molar-refractivity contribution in [2.75, 3.05) is 0 Å². The van der Waals surface area contributed by atoms with Crippen molar-refractivity contribution in [3.05, 3.63) is 118 Å². The number of rotatable bonds is 5. The predicted octanol–water partition coefficient (Wildman–Crippen LogP) is 7.71. The van der Waals surface area contributed by atoms with E-state index in [9.17, 15) is 0 Å². The van der Waals surface area contributed by atoms with Crippen molar-refractivity contribution in [2.24, 2.45) is 10.2 Å². The lowest BCUT2D eigenvalue weighted by Gasteiger charge is -2.05. The average molecular weight is 417 g/mol. The van der Waals surface area contributed by atoms with Gasteiger partial charge in [-0.25, -0.2) is 0 Å². The van der Waals surface area contributed by atoms with E-state index in [1.54, 1.807) is 12.4 Å². The summed E-state index contributed by atoms with van der Waals surface area (Å²) in [6.07, 6.45) is 3.57. The summed E-state index contributed by atoms with van der Waals surface area (Å²) in [7, 11) is 0. The van der Waals surface area contributed by atoms with Crippen LogP contribution in [0.1, 0.15) is 33.4 Å². The molecule has 4 rings (SSSR count). The van der Waals surface area contributed by atoms with E-state index >= 15 is 0 Å². The molecule has 0 radical (unpaired) electrons. The molecule has 0 aromatic heterocycles. The minimum atomic E-state index is 1.03. The molecule has 158 valence electrons. The second-order valence-corrected chi connectivity index (χ2v) is 8.49. The highest BCUT2D eigenvalue weighted by Gasteiger charge is 2.01. The molecule has 32 heavy (non-hydrogen) atoms. The zero-order valence-corrected chi connectivity index (χ0v) is 19.1. The number of hydrogen-bond donors (Lipinski definition) is 0. The first-order valence-electron chi connectivity index (χ1n) is 10.9. The van der Waals surface area contributed by atoms with Crippen LogP contribution >= 0.6 is 0 Å². The molecule has 0 saturated carbocycles. The molecular formula is C30H28N2. The zero-order chi connectivity index (χ0) is 22.5. The Morgan fingerprint density at radius 2 is 0.719 bits per heavy atom. The molecule has 0 unspecified atom stereocenters. The topological polar surface area (TPSA) is 24.7 Å². The summed E-state index contributed by atoms with van der Waals surface area (Å²) in [5, 5.41) is 8.43. The van der Waals surface area contributed by atoms with Gasteiger partial charge in [-0.05, 0) is 61.1 Å². The Balaban J connectivity index is 1.41. The molecule has 0 aliphatic carbocycles. The third kappa shape index (κ3) is 5.47. The fourth-order valence-electron chi connectivity index (χ4n) is 4.01. The number of benzene rings is 4. The van der Waals surface area contributed by atoms with Crippen LogP contribution in [0.25, 0.3) is 22.3 Å². The maximum Gasteiger partial charge on any atom is 0.0568 e. The lowest BCUT2D eigenvalue weighted by Crippen LogP contribution is -1.86. The van der Waals surface area contributed by atoms with E-state index in [0.29, 0.717) is 0 Å². The minimum absolute atomic E-state index is 1.03. The molecule has 0 aliphatic rings. The average Bonchev–Trinajstić information content (AvgIpc) is 2.76. The van der Waals surface area contributed by atoms with Crippen LogP contribution in [0, 0.1) is 27.7 Å². The first-order valence-corrected chi connectivity index (χ1v) is 10.9. The Morgan fingerprint density at radius 3 is 1.03 bits per heavy atom. The lowest BCUT2D eigenvalue weighted by atomic mass is 10.00. The van der Waals surface area contributed by atoms with Gasteiger partial charge < -0.3 is 0 Å². The van der Waals surface area contributed by atoms with Gasteiger partial charge in [0.1, 0.15) is 0 Å². The maximum absolute atomic E-state index is 4.22. The normalized spacial score (nSPS) is 11.5. The van der Waals surface area contributed by atoms with Gasteiger partial charge in [0.15, 0.2) is 0 Å². The molecule has 0 spiro atoms. The van der Waals surface area contributed by atoms with Crippen LogP contribution in [0.4, 0.5) is 0 Å². The summed E-state index contributed by atoms with van der Waals surface area (Å²) in [5.41, 5.74) is 12.1. The smallest absolute Gasteiger partial charge is 0.0568 e. The van der Waals surface area contributed by atoms with Crippen LogP contribution in [-0.4, -0.2) is 12.4 Å². The summed E-state index contributed by atoms with van der Waals surface area (Å²) in [6.45, 7) is 8.53. The van der Waals surface area contributed by atoms with Crippen molar-refractivity contribution in [2.45, 2.75) is 27.7 Å². The SMILES string of the molecule is Cc1cc(C)cc(-c2ccc(/C=N/N=C/c3ccc(-c4cc(C)cc(C)c4)cc3)cc2)c1. The molecule has 4 aromatic carbocycles. The van der Waals surface area contributed by atoms with Gasteiger partial charge in [-0.3, -0.25) is 0 Å². The summed E-state index contributed by atoms with van der Waals surface area (Å²) in [5.74, 6) is 0. The highest BCUT2D eigenvalue weighted by molar-refractivity contribution is 5.84. The van der Waals surface area contributed by atoms with Gasteiger partial charge in [0.05, 0.1) is 12.4 Å². The van der Waals surface area contributed by atoms with Gasteiger partial charge in [-0.1, -0.05) is 107 Å². The van der Waals surface area contributed by atoms with E-state index in [1.807, 2.05) is 0 Å². The van der Waals surface area contributed by atoms with E-state index in [0.717, 1.165) is 11.1 Å². The number of aryl methyl sites for hydroxylation is 4. The van der Waals surface area contributed by atoms with Crippen LogP contribution in [0.15, 0.2) is 95.1 Å². The van der Waals surface area contributed by atoms with Gasteiger partial charge in [0.25, 0.3) is 0 Å². The summed E-state index contributed by atoms with van der Waals surface area (Å²) >= 11 is 0. The molecule has 0 aliphatic heterocycles. The van der Waals surface area contributed by atoms with Crippen molar-refractivity contribution in [1.82, 2.24) is 0 Å². The molecule has 4 aromatic rings. The Morgan fingerprint density at radius 1 is 0.406 bits per heavy atom. The molecule has 0 saturated heterocycles. The van der Waals surface area contributed by atoms with Crippen molar-refractivity contribution >= 4 is 12.4 Å². The van der Waals surface area contributed by atoms with Gasteiger partial charge >= 0.3 is 0 Å². The fraction of sp³-hybridized carbons (Fsp3) is 0.133. The van der Waals surface area contributed by atoms with E-state index in [1.165, 1.54) is 44.5 Å². The Hall–Kier alpha value is -3.78. The van der Waals surface area contributed by atoms with Crippen LogP contribution in [-0.2, 0) is 0 Å². The summed E-state index contributed by atoms with van der Waals surface area (Å²) < 4.78 is 0. The van der Waals surface area contributed by atoms with Gasteiger partial charge in [-0.15, -0.1) is 0 Å². The van der Waals surface area contributed by atoms with Crippen molar-refractivity contribution < 1.29 is 0 Å². The first kappa shape index (κ1) is 21.5. The molecule has 2 nitrogen and oxygen atoms in total. The molecule has 0 amide bonds. The zero-order valence-electron chi connectivity index (χ0n) is 19.1. The monoisotopic (exact) mass is 416 g/mol. The molecular weight excluding hydrogens is 388 g/mol. The Labute approximate surface area is 191 Å². The molecule has 0 bridgehead atoms. The minimum Gasteiger partial charge on any atom is -0.159 e. The Bertz CT molecular complexity index is 1130. The van der Waals surface area contributed by atoms with Gasteiger partial charge in [0, 0.05) is 0 Å². The largest absolute Gasteiger partial charge is 0.159 e. The third-order valence-electron chi connectivity index (χ3n) is 5.41. The highest BCUT2D eigenvalue weighted by atomic mass is 15.2. The molecule has 0 N–H and O–H groups in total. The Kier molecular flexibility index (Phi) is 6.42. The van der Waals surface area contributed by atoms with Crippen molar-refractivity contribution in [3.63, 3.8) is 0 Å².